The number of ether oxygens (including phenoxy) is 1. The van der Waals surface area contributed by atoms with Gasteiger partial charge in [0, 0.05) is 18.1 Å². The van der Waals surface area contributed by atoms with Crippen LogP contribution in [0.25, 0.3) is 0 Å². The van der Waals surface area contributed by atoms with E-state index < -0.39 is 0 Å². The Bertz CT molecular complexity index is 206. The first-order chi connectivity index (χ1) is 7.52. The maximum absolute atomic E-state index is 5.72. The van der Waals surface area contributed by atoms with Gasteiger partial charge in [0.25, 0.3) is 0 Å². The molecule has 0 bridgehead atoms. The van der Waals surface area contributed by atoms with E-state index in [1.165, 1.54) is 0 Å². The molecule has 1 saturated carbocycles. The van der Waals surface area contributed by atoms with Crippen molar-refractivity contribution in [3.63, 3.8) is 0 Å². The smallest absolute Gasteiger partial charge is 0.0655 e. The summed E-state index contributed by atoms with van der Waals surface area (Å²) >= 11 is 0. The molecule has 1 rings (SSSR count). The van der Waals surface area contributed by atoms with Crippen LogP contribution in [0.15, 0.2) is 0 Å². The van der Waals surface area contributed by atoms with Gasteiger partial charge in [-0.1, -0.05) is 20.8 Å². The summed E-state index contributed by atoms with van der Waals surface area (Å²) < 4.78 is 5.72. The molecule has 0 aliphatic heterocycles. The average molecular weight is 228 g/mol. The zero-order chi connectivity index (χ0) is 12.2. The van der Waals surface area contributed by atoms with Gasteiger partial charge >= 0.3 is 0 Å². The molecule has 0 aromatic heterocycles. The van der Waals surface area contributed by atoms with E-state index in [1.807, 2.05) is 0 Å². The molecule has 3 N–H and O–H groups in total. The molecule has 3 unspecified atom stereocenters. The second-order valence-electron chi connectivity index (χ2n) is 5.64. The van der Waals surface area contributed by atoms with Crippen molar-refractivity contribution in [2.24, 2.45) is 17.1 Å². The third kappa shape index (κ3) is 3.19. The van der Waals surface area contributed by atoms with Gasteiger partial charge in [-0.15, -0.1) is 0 Å². The van der Waals surface area contributed by atoms with Crippen molar-refractivity contribution in [2.75, 3.05) is 19.7 Å². The van der Waals surface area contributed by atoms with Gasteiger partial charge in [-0.2, -0.15) is 0 Å². The fourth-order valence-corrected chi connectivity index (χ4v) is 2.45. The molecule has 1 aliphatic carbocycles. The highest BCUT2D eigenvalue weighted by molar-refractivity contribution is 5.02. The lowest BCUT2D eigenvalue weighted by molar-refractivity contribution is -0.114. The highest BCUT2D eigenvalue weighted by Gasteiger charge is 2.48. The number of hydrogen-bond acceptors (Lipinski definition) is 3. The van der Waals surface area contributed by atoms with Gasteiger partial charge in [-0.25, -0.2) is 0 Å². The van der Waals surface area contributed by atoms with Crippen molar-refractivity contribution in [1.82, 2.24) is 5.32 Å². The molecule has 0 aromatic carbocycles. The maximum Gasteiger partial charge on any atom is 0.0655 e. The zero-order valence-electron chi connectivity index (χ0n) is 11.3. The average Bonchev–Trinajstić information content (AvgIpc) is 2.22. The Kier molecular flexibility index (Phi) is 5.22. The molecule has 0 aromatic rings. The minimum Gasteiger partial charge on any atom is -0.378 e. The van der Waals surface area contributed by atoms with Crippen LogP contribution in [-0.4, -0.2) is 31.8 Å². The molecule has 1 fully saturated rings. The highest BCUT2D eigenvalue weighted by atomic mass is 16.5. The summed E-state index contributed by atoms with van der Waals surface area (Å²) in [5.74, 6) is 0.673. The van der Waals surface area contributed by atoms with Crippen LogP contribution < -0.4 is 11.1 Å². The number of hydrogen-bond donors (Lipinski definition) is 2. The standard InChI is InChI=1S/C13H28N2O/c1-5-16-12-8-11(13(12,3)4)15-9-10(2)6-7-14/h10-12,15H,5-9,14H2,1-4H3. The second-order valence-corrected chi connectivity index (χ2v) is 5.64. The van der Waals surface area contributed by atoms with Crippen LogP contribution in [0.1, 0.15) is 40.5 Å². The van der Waals surface area contributed by atoms with E-state index in [-0.39, 0.29) is 5.41 Å². The predicted molar refractivity (Wildman–Crippen MR) is 68.4 cm³/mol. The van der Waals surface area contributed by atoms with Crippen LogP contribution in [0.4, 0.5) is 0 Å². The normalized spacial score (nSPS) is 29.8. The van der Waals surface area contributed by atoms with Crippen molar-refractivity contribution in [3.05, 3.63) is 0 Å². The Morgan fingerprint density at radius 1 is 1.50 bits per heavy atom. The van der Waals surface area contributed by atoms with Gasteiger partial charge in [0.2, 0.25) is 0 Å². The van der Waals surface area contributed by atoms with E-state index in [9.17, 15) is 0 Å². The van der Waals surface area contributed by atoms with E-state index in [0.717, 1.165) is 32.5 Å². The van der Waals surface area contributed by atoms with E-state index in [4.69, 9.17) is 10.5 Å². The quantitative estimate of drug-likeness (QED) is 0.698. The lowest BCUT2D eigenvalue weighted by atomic mass is 9.64. The summed E-state index contributed by atoms with van der Waals surface area (Å²) in [7, 11) is 0. The third-order valence-electron chi connectivity index (χ3n) is 3.92. The zero-order valence-corrected chi connectivity index (χ0v) is 11.3. The van der Waals surface area contributed by atoms with E-state index >= 15 is 0 Å². The van der Waals surface area contributed by atoms with Gasteiger partial charge in [0.05, 0.1) is 6.10 Å². The first kappa shape index (κ1) is 13.9. The highest BCUT2D eigenvalue weighted by Crippen LogP contribution is 2.42. The SMILES string of the molecule is CCOC1CC(NCC(C)CCN)C1(C)C. The summed E-state index contributed by atoms with van der Waals surface area (Å²) in [5, 5.41) is 3.65. The minimum absolute atomic E-state index is 0.276. The Balaban J connectivity index is 2.25. The van der Waals surface area contributed by atoms with Gasteiger partial charge in [0.15, 0.2) is 0 Å². The van der Waals surface area contributed by atoms with Crippen LogP contribution in [0, 0.1) is 11.3 Å². The van der Waals surface area contributed by atoms with Gasteiger partial charge in [-0.05, 0) is 38.8 Å². The molecule has 3 atom stereocenters. The summed E-state index contributed by atoms with van der Waals surface area (Å²) in [4.78, 5) is 0. The minimum atomic E-state index is 0.276. The van der Waals surface area contributed by atoms with Crippen LogP contribution in [0.2, 0.25) is 0 Å². The molecular formula is C13H28N2O. The summed E-state index contributed by atoms with van der Waals surface area (Å²) in [5.41, 5.74) is 5.83. The first-order valence-corrected chi connectivity index (χ1v) is 6.57. The van der Waals surface area contributed by atoms with Crippen LogP contribution >= 0.6 is 0 Å². The molecule has 0 amide bonds. The molecule has 16 heavy (non-hydrogen) atoms. The molecular weight excluding hydrogens is 200 g/mol. The van der Waals surface area contributed by atoms with E-state index in [1.54, 1.807) is 0 Å². The molecule has 96 valence electrons. The largest absolute Gasteiger partial charge is 0.378 e. The Hall–Kier alpha value is -0.120. The Labute approximate surface area is 100 Å². The lowest BCUT2D eigenvalue weighted by Gasteiger charge is -2.52. The fraction of sp³-hybridized carbons (Fsp3) is 1.00. The fourth-order valence-electron chi connectivity index (χ4n) is 2.45. The van der Waals surface area contributed by atoms with Crippen molar-refractivity contribution in [2.45, 2.75) is 52.7 Å². The van der Waals surface area contributed by atoms with Crippen molar-refractivity contribution in [3.8, 4) is 0 Å². The van der Waals surface area contributed by atoms with Gasteiger partial charge in [0.1, 0.15) is 0 Å². The Morgan fingerprint density at radius 3 is 2.69 bits per heavy atom. The Morgan fingerprint density at radius 2 is 2.19 bits per heavy atom. The van der Waals surface area contributed by atoms with Crippen LogP contribution in [0.3, 0.4) is 0 Å². The van der Waals surface area contributed by atoms with Crippen molar-refractivity contribution < 1.29 is 4.74 Å². The summed E-state index contributed by atoms with van der Waals surface area (Å²) in [6, 6.07) is 0.601. The van der Waals surface area contributed by atoms with Crippen molar-refractivity contribution >= 4 is 0 Å². The molecule has 0 spiro atoms. The van der Waals surface area contributed by atoms with Gasteiger partial charge < -0.3 is 15.8 Å². The van der Waals surface area contributed by atoms with Gasteiger partial charge in [-0.3, -0.25) is 0 Å². The predicted octanol–water partition coefficient (Wildman–Crippen LogP) is 1.76. The third-order valence-corrected chi connectivity index (χ3v) is 3.92. The molecule has 1 aliphatic rings. The molecule has 0 saturated heterocycles. The van der Waals surface area contributed by atoms with Crippen LogP contribution in [-0.2, 0) is 4.74 Å². The summed E-state index contributed by atoms with van der Waals surface area (Å²) in [6.07, 6.45) is 2.69. The van der Waals surface area contributed by atoms with Crippen LogP contribution in [0.5, 0.6) is 0 Å². The van der Waals surface area contributed by atoms with E-state index in [2.05, 4.69) is 33.0 Å². The molecule has 3 nitrogen and oxygen atoms in total. The molecule has 3 heteroatoms. The maximum atomic E-state index is 5.72. The topological polar surface area (TPSA) is 47.3 Å². The number of rotatable bonds is 7. The molecule has 0 heterocycles. The van der Waals surface area contributed by atoms with Crippen molar-refractivity contribution in [1.29, 1.82) is 0 Å². The first-order valence-electron chi connectivity index (χ1n) is 6.57. The number of nitrogens with two attached hydrogens (primary N) is 1. The summed E-state index contributed by atoms with van der Waals surface area (Å²) in [6.45, 7) is 11.6. The molecule has 0 radical (unpaired) electrons. The monoisotopic (exact) mass is 228 g/mol. The number of nitrogens with one attached hydrogen (secondary N) is 1. The second kappa shape index (κ2) is 5.99. The van der Waals surface area contributed by atoms with E-state index in [0.29, 0.717) is 18.1 Å². The lowest BCUT2D eigenvalue weighted by Crippen LogP contribution is -2.61.